The molecule has 0 aliphatic carbocycles. The molecule has 0 atom stereocenters. The van der Waals surface area contributed by atoms with Crippen molar-refractivity contribution in [3.05, 3.63) is 51.6 Å². The summed E-state index contributed by atoms with van der Waals surface area (Å²) in [7, 11) is 0. The Labute approximate surface area is 112 Å². The molecule has 1 aromatic carbocycles. The van der Waals surface area contributed by atoms with Crippen molar-refractivity contribution >= 4 is 39.0 Å². The summed E-state index contributed by atoms with van der Waals surface area (Å²) in [6.45, 7) is 0. The molecule has 2 aromatic rings. The first-order valence-electron chi connectivity index (χ1n) is 4.78. The van der Waals surface area contributed by atoms with Crippen LogP contribution in [0.1, 0.15) is 5.56 Å². The molecule has 0 radical (unpaired) electrons. The second-order valence-electron chi connectivity index (χ2n) is 3.27. The fraction of sp³-hybridized carbons (Fsp3) is 0. The average Bonchev–Trinajstić information content (AvgIpc) is 2.29. The van der Waals surface area contributed by atoms with Gasteiger partial charge in [0.05, 0.1) is 11.3 Å². The van der Waals surface area contributed by atoms with Crippen molar-refractivity contribution in [3.63, 3.8) is 0 Å². The van der Waals surface area contributed by atoms with Crippen LogP contribution in [0.25, 0.3) is 0 Å². The first kappa shape index (κ1) is 11.9. The van der Waals surface area contributed by atoms with Crippen LogP contribution >= 0.6 is 27.5 Å². The van der Waals surface area contributed by atoms with Crippen LogP contribution in [-0.2, 0) is 0 Å². The zero-order chi connectivity index (χ0) is 12.3. The maximum Gasteiger partial charge on any atom is 0.131 e. The highest BCUT2D eigenvalue weighted by molar-refractivity contribution is 9.10. The summed E-state index contributed by atoms with van der Waals surface area (Å²) < 4.78 is 0.725. The molecule has 0 bridgehead atoms. The number of aromatic nitrogens is 1. The van der Waals surface area contributed by atoms with E-state index in [1.165, 1.54) is 0 Å². The zero-order valence-electron chi connectivity index (χ0n) is 8.61. The summed E-state index contributed by atoms with van der Waals surface area (Å²) in [6.07, 6.45) is 0. The molecule has 1 N–H and O–H groups in total. The minimum atomic E-state index is 0.524. The predicted octanol–water partition coefficient (Wildman–Crippen LogP) is 4.11. The average molecular weight is 309 g/mol. The van der Waals surface area contributed by atoms with Crippen molar-refractivity contribution in [2.45, 2.75) is 0 Å². The van der Waals surface area contributed by atoms with E-state index in [4.69, 9.17) is 16.9 Å². The smallest absolute Gasteiger partial charge is 0.131 e. The number of nitriles is 1. The van der Waals surface area contributed by atoms with Gasteiger partial charge in [-0.25, -0.2) is 4.98 Å². The minimum Gasteiger partial charge on any atom is -0.339 e. The van der Waals surface area contributed by atoms with Gasteiger partial charge in [-0.05, 0) is 46.3 Å². The molecular weight excluding hydrogens is 302 g/mol. The lowest BCUT2D eigenvalue weighted by molar-refractivity contribution is 1.26. The van der Waals surface area contributed by atoms with Crippen molar-refractivity contribution in [2.75, 3.05) is 5.32 Å². The van der Waals surface area contributed by atoms with Gasteiger partial charge in [-0.1, -0.05) is 17.7 Å². The molecule has 0 spiro atoms. The standard InChI is InChI=1S/C12H7BrClN3/c13-11-2-1-3-12(17-11)16-10-6-9(14)5-4-8(10)7-15/h1-6H,(H,16,17). The maximum absolute atomic E-state index is 8.98. The van der Waals surface area contributed by atoms with Crippen LogP contribution < -0.4 is 5.32 Å². The van der Waals surface area contributed by atoms with Crippen LogP contribution in [0.5, 0.6) is 0 Å². The lowest BCUT2D eigenvalue weighted by Crippen LogP contribution is -1.96. The molecule has 0 aliphatic heterocycles. The number of benzene rings is 1. The fourth-order valence-electron chi connectivity index (χ4n) is 1.33. The van der Waals surface area contributed by atoms with E-state index >= 15 is 0 Å². The SMILES string of the molecule is N#Cc1ccc(Cl)cc1Nc1cccc(Br)n1. The highest BCUT2D eigenvalue weighted by Gasteiger charge is 2.04. The zero-order valence-corrected chi connectivity index (χ0v) is 11.0. The summed E-state index contributed by atoms with van der Waals surface area (Å²) in [5, 5.41) is 12.6. The molecule has 0 saturated carbocycles. The normalized spacial score (nSPS) is 9.71. The monoisotopic (exact) mass is 307 g/mol. The highest BCUT2D eigenvalue weighted by atomic mass is 79.9. The Bertz CT molecular complexity index is 593. The summed E-state index contributed by atoms with van der Waals surface area (Å²) in [5.74, 6) is 0.651. The van der Waals surface area contributed by atoms with Crippen LogP contribution in [0, 0.1) is 11.3 Å². The Balaban J connectivity index is 2.36. The van der Waals surface area contributed by atoms with Gasteiger partial charge in [0.25, 0.3) is 0 Å². The van der Waals surface area contributed by atoms with Crippen molar-refractivity contribution < 1.29 is 0 Å². The Morgan fingerprint density at radius 3 is 2.82 bits per heavy atom. The van der Waals surface area contributed by atoms with Crippen molar-refractivity contribution in [1.82, 2.24) is 4.98 Å². The van der Waals surface area contributed by atoms with Gasteiger partial charge >= 0.3 is 0 Å². The Hall–Kier alpha value is -1.57. The van der Waals surface area contributed by atoms with Crippen molar-refractivity contribution in [3.8, 4) is 6.07 Å². The van der Waals surface area contributed by atoms with Crippen molar-refractivity contribution in [1.29, 1.82) is 5.26 Å². The summed E-state index contributed by atoms with van der Waals surface area (Å²) in [4.78, 5) is 4.23. The van der Waals surface area contributed by atoms with E-state index in [2.05, 4.69) is 32.3 Å². The fourth-order valence-corrected chi connectivity index (χ4v) is 1.85. The van der Waals surface area contributed by atoms with E-state index in [-0.39, 0.29) is 0 Å². The molecule has 5 heteroatoms. The van der Waals surface area contributed by atoms with E-state index in [9.17, 15) is 0 Å². The van der Waals surface area contributed by atoms with Crippen LogP contribution in [0.2, 0.25) is 5.02 Å². The number of rotatable bonds is 2. The third-order valence-electron chi connectivity index (χ3n) is 2.08. The molecule has 0 fully saturated rings. The Morgan fingerprint density at radius 2 is 2.12 bits per heavy atom. The highest BCUT2D eigenvalue weighted by Crippen LogP contribution is 2.24. The first-order valence-corrected chi connectivity index (χ1v) is 5.95. The van der Waals surface area contributed by atoms with Gasteiger partial charge in [0.2, 0.25) is 0 Å². The van der Waals surface area contributed by atoms with E-state index in [1.807, 2.05) is 18.2 Å². The molecule has 0 aliphatic rings. The number of pyridine rings is 1. The molecule has 3 nitrogen and oxygen atoms in total. The number of anilines is 2. The van der Waals surface area contributed by atoms with Gasteiger partial charge in [0.1, 0.15) is 16.5 Å². The third-order valence-corrected chi connectivity index (χ3v) is 2.76. The van der Waals surface area contributed by atoms with Crippen LogP contribution in [0.3, 0.4) is 0 Å². The van der Waals surface area contributed by atoms with Gasteiger partial charge < -0.3 is 5.32 Å². The molecule has 0 amide bonds. The van der Waals surface area contributed by atoms with Crippen LogP contribution in [-0.4, -0.2) is 4.98 Å². The minimum absolute atomic E-state index is 0.524. The number of nitrogens with zero attached hydrogens (tertiary/aromatic N) is 2. The molecule has 17 heavy (non-hydrogen) atoms. The molecule has 1 aromatic heterocycles. The molecule has 84 valence electrons. The Morgan fingerprint density at radius 1 is 1.29 bits per heavy atom. The lowest BCUT2D eigenvalue weighted by atomic mass is 10.2. The van der Waals surface area contributed by atoms with Gasteiger partial charge in [0, 0.05) is 5.02 Å². The van der Waals surface area contributed by atoms with E-state index in [1.54, 1.807) is 18.2 Å². The second-order valence-corrected chi connectivity index (χ2v) is 4.52. The predicted molar refractivity (Wildman–Crippen MR) is 71.4 cm³/mol. The lowest BCUT2D eigenvalue weighted by Gasteiger charge is -2.07. The molecule has 1 heterocycles. The number of hydrogen-bond donors (Lipinski definition) is 1. The topological polar surface area (TPSA) is 48.7 Å². The molecular formula is C12H7BrClN3. The summed E-state index contributed by atoms with van der Waals surface area (Å²) in [6, 6.07) is 12.6. The Kier molecular flexibility index (Phi) is 3.62. The second kappa shape index (κ2) is 5.17. The third kappa shape index (κ3) is 2.96. The molecule has 0 saturated heterocycles. The quantitative estimate of drug-likeness (QED) is 0.849. The van der Waals surface area contributed by atoms with E-state index < -0.39 is 0 Å². The van der Waals surface area contributed by atoms with Gasteiger partial charge in [-0.3, -0.25) is 0 Å². The number of halogens is 2. The van der Waals surface area contributed by atoms with Gasteiger partial charge in [-0.15, -0.1) is 0 Å². The van der Waals surface area contributed by atoms with E-state index in [0.29, 0.717) is 22.1 Å². The largest absolute Gasteiger partial charge is 0.339 e. The van der Waals surface area contributed by atoms with Gasteiger partial charge in [-0.2, -0.15) is 5.26 Å². The number of hydrogen-bond acceptors (Lipinski definition) is 3. The maximum atomic E-state index is 8.98. The summed E-state index contributed by atoms with van der Waals surface area (Å²) in [5.41, 5.74) is 1.17. The van der Waals surface area contributed by atoms with Crippen LogP contribution in [0.15, 0.2) is 41.0 Å². The first-order chi connectivity index (χ1) is 8.19. The van der Waals surface area contributed by atoms with Gasteiger partial charge in [0.15, 0.2) is 0 Å². The molecule has 2 rings (SSSR count). The summed E-state index contributed by atoms with van der Waals surface area (Å²) >= 11 is 9.18. The number of nitrogens with one attached hydrogen (secondary N) is 1. The van der Waals surface area contributed by atoms with E-state index in [0.717, 1.165) is 4.60 Å². The molecule has 0 unspecified atom stereocenters. The van der Waals surface area contributed by atoms with Crippen molar-refractivity contribution in [2.24, 2.45) is 0 Å². The van der Waals surface area contributed by atoms with Crippen LogP contribution in [0.4, 0.5) is 11.5 Å².